The van der Waals surface area contributed by atoms with Crippen molar-refractivity contribution in [2.75, 3.05) is 6.54 Å². The second-order valence-electron chi connectivity index (χ2n) is 7.49. The summed E-state index contributed by atoms with van der Waals surface area (Å²) in [6.45, 7) is 1.49. The minimum Gasteiger partial charge on any atom is -0.489 e. The number of ether oxygens (including phenoxy) is 1. The van der Waals surface area contributed by atoms with Crippen LogP contribution in [0.25, 0.3) is 0 Å². The van der Waals surface area contributed by atoms with Crippen molar-refractivity contribution in [3.05, 3.63) is 95.6 Å². The van der Waals surface area contributed by atoms with Gasteiger partial charge in [-0.3, -0.25) is 14.7 Å². The molecule has 5 nitrogen and oxygen atoms in total. The van der Waals surface area contributed by atoms with Gasteiger partial charge >= 0.3 is 0 Å². The number of primary amides is 1. The predicted octanol–water partition coefficient (Wildman–Crippen LogP) is 3.78. The fourth-order valence-electron chi connectivity index (χ4n) is 4.16. The third kappa shape index (κ3) is 3.91. The van der Waals surface area contributed by atoms with E-state index in [4.69, 9.17) is 10.5 Å². The molecule has 154 valence electrons. The van der Waals surface area contributed by atoms with Gasteiger partial charge < -0.3 is 10.5 Å². The minimum absolute atomic E-state index is 0.260. The van der Waals surface area contributed by atoms with Crippen molar-refractivity contribution in [2.45, 2.75) is 31.5 Å². The van der Waals surface area contributed by atoms with E-state index in [0.717, 1.165) is 24.1 Å². The van der Waals surface area contributed by atoms with E-state index >= 15 is 0 Å². The molecule has 2 heterocycles. The van der Waals surface area contributed by atoms with E-state index in [-0.39, 0.29) is 12.4 Å². The third-order valence-corrected chi connectivity index (χ3v) is 5.62. The molecule has 0 bridgehead atoms. The predicted molar refractivity (Wildman–Crippen MR) is 112 cm³/mol. The summed E-state index contributed by atoms with van der Waals surface area (Å²) in [6.07, 6.45) is 3.17. The maximum absolute atomic E-state index is 13.5. The van der Waals surface area contributed by atoms with Crippen molar-refractivity contribution in [1.29, 1.82) is 0 Å². The van der Waals surface area contributed by atoms with Crippen LogP contribution in [0.1, 0.15) is 29.7 Å². The Morgan fingerprint density at radius 2 is 1.97 bits per heavy atom. The number of para-hydroxylation sites is 1. The van der Waals surface area contributed by atoms with Gasteiger partial charge in [0, 0.05) is 18.3 Å². The summed E-state index contributed by atoms with van der Waals surface area (Å²) >= 11 is 0. The normalized spacial score (nSPS) is 19.0. The van der Waals surface area contributed by atoms with Gasteiger partial charge in [-0.15, -0.1) is 0 Å². The van der Waals surface area contributed by atoms with Gasteiger partial charge in [0.2, 0.25) is 5.91 Å². The maximum Gasteiger partial charge on any atom is 0.244 e. The molecule has 0 aliphatic carbocycles. The van der Waals surface area contributed by atoms with Crippen LogP contribution >= 0.6 is 0 Å². The van der Waals surface area contributed by atoms with Crippen molar-refractivity contribution in [3.63, 3.8) is 0 Å². The lowest BCUT2D eigenvalue weighted by molar-refractivity contribution is -0.129. The lowest BCUT2D eigenvalue weighted by atomic mass is 9.90. The van der Waals surface area contributed by atoms with Gasteiger partial charge in [0.25, 0.3) is 0 Å². The summed E-state index contributed by atoms with van der Waals surface area (Å²) in [4.78, 5) is 19.2. The molecule has 0 radical (unpaired) electrons. The van der Waals surface area contributed by atoms with Crippen molar-refractivity contribution in [3.8, 4) is 5.75 Å². The largest absolute Gasteiger partial charge is 0.489 e. The smallest absolute Gasteiger partial charge is 0.244 e. The number of benzene rings is 2. The van der Waals surface area contributed by atoms with Gasteiger partial charge in [0.15, 0.2) is 0 Å². The number of nitrogens with two attached hydrogens (primary N) is 1. The number of halogens is 1. The lowest BCUT2D eigenvalue weighted by Crippen LogP contribution is -2.51. The Balaban J connectivity index is 1.58. The molecule has 30 heavy (non-hydrogen) atoms. The minimum atomic E-state index is -0.934. The summed E-state index contributed by atoms with van der Waals surface area (Å²) in [5, 5.41) is 0. The van der Waals surface area contributed by atoms with Gasteiger partial charge in [-0.25, -0.2) is 4.39 Å². The zero-order valence-electron chi connectivity index (χ0n) is 16.6. The van der Waals surface area contributed by atoms with Gasteiger partial charge in [-0.2, -0.15) is 0 Å². The Labute approximate surface area is 175 Å². The molecule has 1 fully saturated rings. The highest BCUT2D eigenvalue weighted by Crippen LogP contribution is 2.39. The first kappa shape index (κ1) is 20.0. The molecule has 1 amide bonds. The van der Waals surface area contributed by atoms with Crippen LogP contribution in [0, 0.1) is 5.82 Å². The SMILES string of the molecule is NC(=O)[C@]1(c2ccccn2)CCCN1Cc1ccccc1OCc1cccc(F)c1. The van der Waals surface area contributed by atoms with Gasteiger partial charge in [-0.05, 0) is 55.3 Å². The second kappa shape index (κ2) is 8.63. The van der Waals surface area contributed by atoms with Crippen LogP contribution in [0.4, 0.5) is 4.39 Å². The standard InChI is InChI=1S/C24H24FN3O2/c25-20-9-5-7-18(15-20)17-30-21-10-2-1-8-19(21)16-28-14-6-12-24(28,23(26)29)22-11-3-4-13-27-22/h1-5,7-11,13,15H,6,12,14,16-17H2,(H2,26,29)/t24-/m1/s1. The quantitative estimate of drug-likeness (QED) is 0.650. The van der Waals surface area contributed by atoms with E-state index in [0.29, 0.717) is 24.4 Å². The molecule has 2 N–H and O–H groups in total. The van der Waals surface area contributed by atoms with E-state index in [1.807, 2.05) is 48.5 Å². The molecule has 1 aliphatic heterocycles. The van der Waals surface area contributed by atoms with Crippen LogP contribution in [0.3, 0.4) is 0 Å². The summed E-state index contributed by atoms with van der Waals surface area (Å²) in [6, 6.07) is 19.6. The van der Waals surface area contributed by atoms with Crippen LogP contribution in [-0.4, -0.2) is 22.3 Å². The number of rotatable bonds is 7. The molecular formula is C24H24FN3O2. The first-order valence-electron chi connectivity index (χ1n) is 10.0. The topological polar surface area (TPSA) is 68.5 Å². The highest BCUT2D eigenvalue weighted by Gasteiger charge is 2.48. The zero-order valence-corrected chi connectivity index (χ0v) is 16.6. The van der Waals surface area contributed by atoms with Crippen molar-refractivity contribution in [2.24, 2.45) is 5.73 Å². The molecule has 6 heteroatoms. The van der Waals surface area contributed by atoms with Crippen molar-refractivity contribution >= 4 is 5.91 Å². The average molecular weight is 405 g/mol. The molecule has 4 rings (SSSR count). The van der Waals surface area contributed by atoms with E-state index in [1.54, 1.807) is 12.3 Å². The summed E-state index contributed by atoms with van der Waals surface area (Å²) in [5.74, 6) is 0.0213. The molecule has 1 saturated heterocycles. The van der Waals surface area contributed by atoms with E-state index in [2.05, 4.69) is 9.88 Å². The number of hydrogen-bond donors (Lipinski definition) is 1. The Morgan fingerprint density at radius 1 is 1.13 bits per heavy atom. The molecule has 1 aliphatic rings. The number of pyridine rings is 1. The van der Waals surface area contributed by atoms with Crippen molar-refractivity contribution < 1.29 is 13.9 Å². The number of carbonyl (C=O) groups is 1. The number of likely N-dealkylation sites (tertiary alicyclic amines) is 1. The van der Waals surface area contributed by atoms with Crippen molar-refractivity contribution in [1.82, 2.24) is 9.88 Å². The van der Waals surface area contributed by atoms with Gasteiger partial charge in [-0.1, -0.05) is 36.4 Å². The molecule has 0 saturated carbocycles. The molecule has 0 unspecified atom stereocenters. The first-order valence-corrected chi connectivity index (χ1v) is 10.0. The average Bonchev–Trinajstić information content (AvgIpc) is 3.18. The van der Waals surface area contributed by atoms with E-state index in [9.17, 15) is 9.18 Å². The molecule has 0 spiro atoms. The fourth-order valence-corrected chi connectivity index (χ4v) is 4.16. The molecule has 3 aromatic rings. The highest BCUT2D eigenvalue weighted by molar-refractivity contribution is 5.86. The first-order chi connectivity index (χ1) is 14.6. The Hall–Kier alpha value is -3.25. The van der Waals surface area contributed by atoms with Crippen LogP contribution in [0.15, 0.2) is 72.9 Å². The number of hydrogen-bond acceptors (Lipinski definition) is 4. The number of amides is 1. The van der Waals surface area contributed by atoms with Gasteiger partial charge in [0.1, 0.15) is 23.7 Å². The van der Waals surface area contributed by atoms with Crippen LogP contribution < -0.4 is 10.5 Å². The summed E-state index contributed by atoms with van der Waals surface area (Å²) in [5.41, 5.74) is 7.35. The van der Waals surface area contributed by atoms with Crippen LogP contribution in [-0.2, 0) is 23.5 Å². The molecule has 1 atom stereocenters. The number of nitrogens with zero attached hydrogens (tertiary/aromatic N) is 2. The Kier molecular flexibility index (Phi) is 5.77. The highest BCUT2D eigenvalue weighted by atomic mass is 19.1. The number of carbonyl (C=O) groups excluding carboxylic acids is 1. The lowest BCUT2D eigenvalue weighted by Gasteiger charge is -2.35. The zero-order chi connectivity index (χ0) is 21.0. The van der Waals surface area contributed by atoms with Crippen LogP contribution in [0.5, 0.6) is 5.75 Å². The maximum atomic E-state index is 13.5. The Morgan fingerprint density at radius 3 is 2.73 bits per heavy atom. The fraction of sp³-hybridized carbons (Fsp3) is 0.250. The summed E-state index contributed by atoms with van der Waals surface area (Å²) in [7, 11) is 0. The van der Waals surface area contributed by atoms with Gasteiger partial charge in [0.05, 0.1) is 5.69 Å². The Bertz CT molecular complexity index is 1030. The molecule has 1 aromatic heterocycles. The monoisotopic (exact) mass is 405 g/mol. The van der Waals surface area contributed by atoms with E-state index < -0.39 is 11.4 Å². The third-order valence-electron chi connectivity index (χ3n) is 5.62. The summed E-state index contributed by atoms with van der Waals surface area (Å²) < 4.78 is 19.5. The molecular weight excluding hydrogens is 381 g/mol. The van der Waals surface area contributed by atoms with Crippen LogP contribution in [0.2, 0.25) is 0 Å². The number of aromatic nitrogens is 1. The van der Waals surface area contributed by atoms with E-state index in [1.165, 1.54) is 12.1 Å². The molecule has 2 aromatic carbocycles. The second-order valence-corrected chi connectivity index (χ2v) is 7.49.